The molecular weight excluding hydrogens is 206 g/mol. The minimum absolute atomic E-state index is 0.0262. The Hall–Kier alpha value is -1.78. The van der Waals surface area contributed by atoms with Gasteiger partial charge in [-0.25, -0.2) is 4.98 Å². The Balaban J connectivity index is 1.76. The average molecular weight is 221 g/mol. The number of hydrogen-bond acceptors (Lipinski definition) is 4. The third-order valence-electron chi connectivity index (χ3n) is 2.34. The smallest absolute Gasteiger partial charge is 0.239 e. The molecule has 1 aliphatic rings. The monoisotopic (exact) mass is 221 g/mol. The highest BCUT2D eigenvalue weighted by Gasteiger charge is 2.22. The molecule has 0 aliphatic heterocycles. The topological polar surface area (TPSA) is 63.2 Å². The van der Waals surface area contributed by atoms with Gasteiger partial charge in [0.05, 0.1) is 25.5 Å². The molecule has 0 atom stereocenters. The van der Waals surface area contributed by atoms with Crippen LogP contribution in [0.5, 0.6) is 5.88 Å². The summed E-state index contributed by atoms with van der Waals surface area (Å²) in [6.45, 7) is 0.282. The van der Waals surface area contributed by atoms with Gasteiger partial charge in [-0.15, -0.1) is 0 Å². The van der Waals surface area contributed by atoms with Gasteiger partial charge in [0, 0.05) is 12.1 Å². The van der Waals surface area contributed by atoms with E-state index in [9.17, 15) is 4.79 Å². The summed E-state index contributed by atoms with van der Waals surface area (Å²) in [5, 5.41) is 5.90. The van der Waals surface area contributed by atoms with Gasteiger partial charge in [0.1, 0.15) is 0 Å². The summed E-state index contributed by atoms with van der Waals surface area (Å²) >= 11 is 0. The van der Waals surface area contributed by atoms with Crippen LogP contribution in [0.25, 0.3) is 0 Å². The average Bonchev–Trinajstić information content (AvgIpc) is 3.11. The van der Waals surface area contributed by atoms with E-state index in [0.29, 0.717) is 11.9 Å². The first kappa shape index (κ1) is 10.7. The van der Waals surface area contributed by atoms with Crippen molar-refractivity contribution in [2.75, 3.05) is 19.0 Å². The minimum atomic E-state index is 0.0262. The molecule has 0 spiro atoms. The zero-order valence-corrected chi connectivity index (χ0v) is 9.19. The van der Waals surface area contributed by atoms with Gasteiger partial charge in [0.2, 0.25) is 11.8 Å². The summed E-state index contributed by atoms with van der Waals surface area (Å²) in [6, 6.07) is 3.99. The van der Waals surface area contributed by atoms with Crippen molar-refractivity contribution in [3.05, 3.63) is 18.3 Å². The molecule has 0 saturated heterocycles. The molecule has 0 radical (unpaired) electrons. The first-order chi connectivity index (χ1) is 7.78. The number of hydrogen-bond donors (Lipinski definition) is 2. The van der Waals surface area contributed by atoms with E-state index in [1.165, 1.54) is 0 Å². The van der Waals surface area contributed by atoms with Gasteiger partial charge in [0.15, 0.2) is 0 Å². The van der Waals surface area contributed by atoms with Crippen molar-refractivity contribution in [2.45, 2.75) is 18.9 Å². The quantitative estimate of drug-likeness (QED) is 0.771. The normalized spacial score (nSPS) is 14.3. The van der Waals surface area contributed by atoms with Gasteiger partial charge in [-0.1, -0.05) is 0 Å². The lowest BCUT2D eigenvalue weighted by atomic mass is 10.4. The number of aromatic nitrogens is 1. The van der Waals surface area contributed by atoms with Gasteiger partial charge in [-0.2, -0.15) is 0 Å². The van der Waals surface area contributed by atoms with Crippen molar-refractivity contribution in [3.8, 4) is 5.88 Å². The lowest BCUT2D eigenvalue weighted by Crippen LogP contribution is -2.31. The number of rotatable bonds is 5. The molecule has 16 heavy (non-hydrogen) atoms. The van der Waals surface area contributed by atoms with Crippen molar-refractivity contribution in [1.29, 1.82) is 0 Å². The Morgan fingerprint density at radius 1 is 1.56 bits per heavy atom. The third kappa shape index (κ3) is 3.12. The number of pyridine rings is 1. The largest absolute Gasteiger partial charge is 0.481 e. The Morgan fingerprint density at radius 2 is 2.38 bits per heavy atom. The van der Waals surface area contributed by atoms with E-state index < -0.39 is 0 Å². The van der Waals surface area contributed by atoms with Crippen molar-refractivity contribution >= 4 is 11.6 Å². The maximum atomic E-state index is 11.4. The molecule has 1 aromatic rings. The van der Waals surface area contributed by atoms with E-state index in [2.05, 4.69) is 15.6 Å². The van der Waals surface area contributed by atoms with E-state index in [-0.39, 0.29) is 12.5 Å². The molecule has 2 rings (SSSR count). The minimum Gasteiger partial charge on any atom is -0.481 e. The molecule has 86 valence electrons. The molecule has 1 fully saturated rings. The highest BCUT2D eigenvalue weighted by molar-refractivity contribution is 5.81. The predicted molar refractivity (Wildman–Crippen MR) is 60.4 cm³/mol. The second-order valence-corrected chi connectivity index (χ2v) is 3.78. The molecule has 5 heteroatoms. The van der Waals surface area contributed by atoms with Crippen LogP contribution in [0.2, 0.25) is 0 Å². The van der Waals surface area contributed by atoms with Crippen LogP contribution >= 0.6 is 0 Å². The van der Waals surface area contributed by atoms with E-state index in [4.69, 9.17) is 4.74 Å². The lowest BCUT2D eigenvalue weighted by molar-refractivity contribution is -0.119. The maximum absolute atomic E-state index is 11.4. The van der Waals surface area contributed by atoms with Gasteiger partial charge in [-0.3, -0.25) is 4.79 Å². The predicted octanol–water partition coefficient (Wildman–Crippen LogP) is 0.781. The molecule has 0 unspecified atom stereocenters. The molecule has 2 N–H and O–H groups in total. The van der Waals surface area contributed by atoms with Crippen LogP contribution < -0.4 is 15.4 Å². The summed E-state index contributed by atoms with van der Waals surface area (Å²) in [5.41, 5.74) is 0.812. The molecule has 1 heterocycles. The standard InChI is InChI=1S/C11H15N3O2/c1-16-11-5-4-9(6-13-11)12-7-10(15)14-8-2-3-8/h4-6,8,12H,2-3,7H2,1H3,(H,14,15). The van der Waals surface area contributed by atoms with Crippen LogP contribution in [0, 0.1) is 0 Å². The molecule has 0 aromatic carbocycles. The molecule has 5 nitrogen and oxygen atoms in total. The Labute approximate surface area is 94.2 Å². The van der Waals surface area contributed by atoms with Crippen LogP contribution in [0.1, 0.15) is 12.8 Å². The molecule has 1 saturated carbocycles. The fourth-order valence-corrected chi connectivity index (χ4v) is 1.29. The van der Waals surface area contributed by atoms with Gasteiger partial charge >= 0.3 is 0 Å². The molecule has 1 aromatic heterocycles. The first-order valence-electron chi connectivity index (χ1n) is 5.31. The molecule has 1 amide bonds. The summed E-state index contributed by atoms with van der Waals surface area (Å²) in [5.74, 6) is 0.589. The second kappa shape index (κ2) is 4.83. The highest BCUT2D eigenvalue weighted by Crippen LogP contribution is 2.18. The van der Waals surface area contributed by atoms with E-state index >= 15 is 0 Å². The van der Waals surface area contributed by atoms with Gasteiger partial charge < -0.3 is 15.4 Å². The highest BCUT2D eigenvalue weighted by atomic mass is 16.5. The summed E-state index contributed by atoms with van der Waals surface area (Å²) in [6.07, 6.45) is 3.86. The zero-order chi connectivity index (χ0) is 11.4. The Morgan fingerprint density at radius 3 is 2.94 bits per heavy atom. The van der Waals surface area contributed by atoms with Crippen LogP contribution in [-0.2, 0) is 4.79 Å². The number of ether oxygens (including phenoxy) is 1. The number of anilines is 1. The van der Waals surface area contributed by atoms with Gasteiger partial charge in [0.25, 0.3) is 0 Å². The fraction of sp³-hybridized carbons (Fsp3) is 0.455. The van der Waals surface area contributed by atoms with Crippen molar-refractivity contribution in [1.82, 2.24) is 10.3 Å². The fourth-order valence-electron chi connectivity index (χ4n) is 1.29. The van der Waals surface area contributed by atoms with E-state index in [1.54, 1.807) is 19.4 Å². The molecular formula is C11H15N3O2. The van der Waals surface area contributed by atoms with Crippen LogP contribution in [0.4, 0.5) is 5.69 Å². The van der Waals surface area contributed by atoms with Crippen LogP contribution in [0.15, 0.2) is 18.3 Å². The van der Waals surface area contributed by atoms with Crippen molar-refractivity contribution in [3.63, 3.8) is 0 Å². The summed E-state index contributed by atoms with van der Waals surface area (Å²) in [7, 11) is 1.57. The number of carbonyl (C=O) groups is 1. The number of methoxy groups -OCH3 is 1. The lowest BCUT2D eigenvalue weighted by Gasteiger charge is -2.06. The maximum Gasteiger partial charge on any atom is 0.239 e. The summed E-state index contributed by atoms with van der Waals surface area (Å²) < 4.78 is 4.94. The molecule has 0 bridgehead atoms. The zero-order valence-electron chi connectivity index (χ0n) is 9.19. The number of carbonyl (C=O) groups excluding carboxylic acids is 1. The Bertz CT molecular complexity index is 360. The summed E-state index contributed by atoms with van der Waals surface area (Å²) in [4.78, 5) is 15.4. The Kier molecular flexibility index (Phi) is 3.24. The first-order valence-corrected chi connectivity index (χ1v) is 5.31. The third-order valence-corrected chi connectivity index (χ3v) is 2.34. The van der Waals surface area contributed by atoms with Crippen LogP contribution in [-0.4, -0.2) is 30.6 Å². The number of nitrogens with one attached hydrogen (secondary N) is 2. The van der Waals surface area contributed by atoms with E-state index in [1.807, 2.05) is 6.07 Å². The SMILES string of the molecule is COc1ccc(NCC(=O)NC2CC2)cn1. The number of nitrogens with zero attached hydrogens (tertiary/aromatic N) is 1. The van der Waals surface area contributed by atoms with Crippen molar-refractivity contribution < 1.29 is 9.53 Å². The second-order valence-electron chi connectivity index (χ2n) is 3.78. The van der Waals surface area contributed by atoms with Crippen LogP contribution in [0.3, 0.4) is 0 Å². The van der Waals surface area contributed by atoms with Crippen molar-refractivity contribution in [2.24, 2.45) is 0 Å². The number of amides is 1. The van der Waals surface area contributed by atoms with E-state index in [0.717, 1.165) is 18.5 Å². The van der Waals surface area contributed by atoms with Gasteiger partial charge in [-0.05, 0) is 18.9 Å². The molecule has 1 aliphatic carbocycles.